The number of hydrogen-bond acceptors (Lipinski definition) is 3. The fourth-order valence-electron chi connectivity index (χ4n) is 1.81. The van der Waals surface area contributed by atoms with E-state index < -0.39 is 0 Å². The maximum absolute atomic E-state index is 12.9. The summed E-state index contributed by atoms with van der Waals surface area (Å²) in [7, 11) is 0. The van der Waals surface area contributed by atoms with Crippen molar-refractivity contribution in [2.24, 2.45) is 0 Å². The van der Waals surface area contributed by atoms with Crippen LogP contribution in [0.15, 0.2) is 42.7 Å². The van der Waals surface area contributed by atoms with Crippen LogP contribution in [0.2, 0.25) is 0 Å². The first-order valence-corrected chi connectivity index (χ1v) is 5.90. The molecule has 1 aromatic heterocycles. The monoisotopic (exact) mass is 259 g/mol. The molecule has 2 aromatic rings. The number of carbonyl (C=O) groups is 1. The highest BCUT2D eigenvalue weighted by Gasteiger charge is 2.18. The van der Waals surface area contributed by atoms with Crippen molar-refractivity contribution in [1.82, 2.24) is 4.98 Å². The van der Waals surface area contributed by atoms with E-state index in [0.717, 1.165) is 0 Å². The maximum Gasteiger partial charge on any atom is 0.260 e. The molecule has 4 nitrogen and oxygen atoms in total. The molecule has 0 saturated heterocycles. The van der Waals surface area contributed by atoms with Gasteiger partial charge in [-0.15, -0.1) is 0 Å². The van der Waals surface area contributed by atoms with Crippen molar-refractivity contribution in [3.8, 4) is 0 Å². The topological polar surface area (TPSA) is 59.2 Å². The van der Waals surface area contributed by atoms with Crippen LogP contribution in [0.5, 0.6) is 0 Å². The summed E-state index contributed by atoms with van der Waals surface area (Å²) in [4.78, 5) is 17.8. The predicted octanol–water partition coefficient (Wildman–Crippen LogP) is 2.47. The van der Waals surface area contributed by atoms with Gasteiger partial charge in [0.05, 0.1) is 17.4 Å². The molecular formula is C14H14FN3O. The van der Waals surface area contributed by atoms with Crippen molar-refractivity contribution in [1.29, 1.82) is 0 Å². The van der Waals surface area contributed by atoms with Gasteiger partial charge >= 0.3 is 0 Å². The van der Waals surface area contributed by atoms with E-state index in [1.807, 2.05) is 6.92 Å². The number of halogens is 1. The molecule has 0 spiro atoms. The highest BCUT2D eigenvalue weighted by Crippen LogP contribution is 2.19. The second-order valence-electron chi connectivity index (χ2n) is 3.99. The molecule has 0 radical (unpaired) electrons. The summed E-state index contributed by atoms with van der Waals surface area (Å²) >= 11 is 0. The van der Waals surface area contributed by atoms with Gasteiger partial charge in [0.1, 0.15) is 5.82 Å². The maximum atomic E-state index is 12.9. The Morgan fingerprint density at radius 3 is 2.58 bits per heavy atom. The van der Waals surface area contributed by atoms with Gasteiger partial charge in [-0.1, -0.05) is 0 Å². The van der Waals surface area contributed by atoms with Crippen molar-refractivity contribution in [2.45, 2.75) is 6.92 Å². The molecule has 0 aliphatic carbocycles. The smallest absolute Gasteiger partial charge is 0.260 e. The van der Waals surface area contributed by atoms with Crippen LogP contribution in [-0.4, -0.2) is 17.4 Å². The molecule has 19 heavy (non-hydrogen) atoms. The van der Waals surface area contributed by atoms with Gasteiger partial charge < -0.3 is 10.6 Å². The van der Waals surface area contributed by atoms with Gasteiger partial charge in [-0.25, -0.2) is 4.39 Å². The molecule has 0 aliphatic heterocycles. The van der Waals surface area contributed by atoms with Crippen molar-refractivity contribution in [3.63, 3.8) is 0 Å². The molecule has 1 aromatic carbocycles. The average Bonchev–Trinajstić information content (AvgIpc) is 2.42. The molecule has 2 rings (SSSR count). The normalized spacial score (nSPS) is 10.2. The summed E-state index contributed by atoms with van der Waals surface area (Å²) in [6.45, 7) is 2.31. The lowest BCUT2D eigenvalue weighted by Crippen LogP contribution is -2.31. The average molecular weight is 259 g/mol. The Kier molecular flexibility index (Phi) is 3.75. The van der Waals surface area contributed by atoms with Crippen LogP contribution in [-0.2, 0) is 0 Å². The van der Waals surface area contributed by atoms with Gasteiger partial charge in [0.2, 0.25) is 0 Å². The molecule has 0 aliphatic rings. The van der Waals surface area contributed by atoms with Crippen LogP contribution < -0.4 is 10.6 Å². The van der Waals surface area contributed by atoms with Gasteiger partial charge in [0, 0.05) is 18.4 Å². The Hall–Kier alpha value is -2.43. The minimum Gasteiger partial charge on any atom is -0.397 e. The lowest BCUT2D eigenvalue weighted by Gasteiger charge is -2.21. The summed E-state index contributed by atoms with van der Waals surface area (Å²) in [5.74, 6) is -0.565. The van der Waals surface area contributed by atoms with Crippen molar-refractivity contribution in [2.75, 3.05) is 17.2 Å². The Morgan fingerprint density at radius 2 is 2.00 bits per heavy atom. The number of pyridine rings is 1. The summed E-state index contributed by atoms with van der Waals surface area (Å²) in [6.07, 6.45) is 2.95. The van der Waals surface area contributed by atoms with E-state index in [2.05, 4.69) is 4.98 Å². The fourth-order valence-corrected chi connectivity index (χ4v) is 1.81. The lowest BCUT2D eigenvalue weighted by molar-refractivity contribution is 0.0989. The van der Waals surface area contributed by atoms with Crippen molar-refractivity contribution >= 4 is 17.3 Å². The van der Waals surface area contributed by atoms with Gasteiger partial charge in [-0.3, -0.25) is 9.78 Å². The van der Waals surface area contributed by atoms with E-state index in [9.17, 15) is 9.18 Å². The minimum absolute atomic E-state index is 0.228. The molecule has 2 N–H and O–H groups in total. The van der Waals surface area contributed by atoms with Gasteiger partial charge in [-0.2, -0.15) is 0 Å². The third kappa shape index (κ3) is 2.70. The predicted molar refractivity (Wildman–Crippen MR) is 72.4 cm³/mol. The van der Waals surface area contributed by atoms with Crippen LogP contribution in [0.3, 0.4) is 0 Å². The standard InChI is InChI=1S/C14H14FN3O/c1-2-18(11-5-3-10(15)4-6-11)14(19)12-7-8-17-9-13(12)16/h3-9H,2,16H2,1H3. The first kappa shape index (κ1) is 13.0. The van der Waals surface area contributed by atoms with Gasteiger partial charge in [-0.05, 0) is 37.3 Å². The molecule has 98 valence electrons. The Morgan fingerprint density at radius 1 is 1.32 bits per heavy atom. The first-order chi connectivity index (χ1) is 9.13. The SMILES string of the molecule is CCN(C(=O)c1ccncc1N)c1ccc(F)cc1. The van der Waals surface area contributed by atoms with E-state index in [1.165, 1.54) is 29.4 Å². The van der Waals surface area contributed by atoms with Gasteiger partial charge in [0.15, 0.2) is 0 Å². The first-order valence-electron chi connectivity index (χ1n) is 5.90. The molecule has 0 atom stereocenters. The number of carbonyl (C=O) groups excluding carboxylic acids is 1. The summed E-state index contributed by atoms with van der Waals surface area (Å²) in [6, 6.07) is 7.34. The minimum atomic E-state index is -0.337. The molecule has 1 amide bonds. The number of nitrogens with two attached hydrogens (primary N) is 1. The third-order valence-electron chi connectivity index (χ3n) is 2.78. The summed E-state index contributed by atoms with van der Waals surface area (Å²) in [5.41, 5.74) is 7.09. The van der Waals surface area contributed by atoms with Crippen molar-refractivity contribution < 1.29 is 9.18 Å². The summed E-state index contributed by atoms with van der Waals surface area (Å²) < 4.78 is 12.9. The van der Waals surface area contributed by atoms with E-state index in [4.69, 9.17) is 5.73 Å². The van der Waals surface area contributed by atoms with Crippen LogP contribution in [0.4, 0.5) is 15.8 Å². The Labute approximate surface area is 110 Å². The Bertz CT molecular complexity index is 583. The van der Waals surface area contributed by atoms with Crippen LogP contribution in [0, 0.1) is 5.82 Å². The number of rotatable bonds is 3. The molecule has 0 unspecified atom stereocenters. The van der Waals surface area contributed by atoms with Crippen molar-refractivity contribution in [3.05, 3.63) is 54.1 Å². The van der Waals surface area contributed by atoms with E-state index in [1.54, 1.807) is 18.2 Å². The Balaban J connectivity index is 2.35. The van der Waals surface area contributed by atoms with Crippen LogP contribution in [0.1, 0.15) is 17.3 Å². The summed E-state index contributed by atoms with van der Waals surface area (Å²) in [5, 5.41) is 0. The number of aromatic nitrogens is 1. The molecule has 0 saturated carbocycles. The highest BCUT2D eigenvalue weighted by molar-refractivity contribution is 6.09. The van der Waals surface area contributed by atoms with E-state index in [0.29, 0.717) is 23.5 Å². The quantitative estimate of drug-likeness (QED) is 0.921. The number of anilines is 2. The number of benzene rings is 1. The zero-order valence-corrected chi connectivity index (χ0v) is 10.5. The number of amides is 1. The number of nitrogens with zero attached hydrogens (tertiary/aromatic N) is 2. The molecular weight excluding hydrogens is 245 g/mol. The van der Waals surface area contributed by atoms with E-state index in [-0.39, 0.29) is 11.7 Å². The van der Waals surface area contributed by atoms with Crippen LogP contribution >= 0.6 is 0 Å². The fraction of sp³-hybridized carbons (Fsp3) is 0.143. The van der Waals surface area contributed by atoms with Crippen LogP contribution in [0.25, 0.3) is 0 Å². The largest absolute Gasteiger partial charge is 0.397 e. The third-order valence-corrected chi connectivity index (χ3v) is 2.78. The number of nitrogen functional groups attached to an aromatic ring is 1. The second kappa shape index (κ2) is 5.48. The number of hydrogen-bond donors (Lipinski definition) is 1. The lowest BCUT2D eigenvalue weighted by atomic mass is 10.2. The van der Waals surface area contributed by atoms with E-state index >= 15 is 0 Å². The molecule has 0 fully saturated rings. The van der Waals surface area contributed by atoms with Gasteiger partial charge in [0.25, 0.3) is 5.91 Å². The zero-order valence-electron chi connectivity index (χ0n) is 10.5. The molecule has 0 bridgehead atoms. The molecule has 5 heteroatoms. The highest BCUT2D eigenvalue weighted by atomic mass is 19.1. The zero-order chi connectivity index (χ0) is 13.8. The molecule has 1 heterocycles. The second-order valence-corrected chi connectivity index (χ2v) is 3.99.